The van der Waals surface area contributed by atoms with E-state index in [4.69, 9.17) is 28.0 Å². The molecule has 0 fully saturated rings. The Bertz CT molecular complexity index is 948. The van der Waals surface area contributed by atoms with Gasteiger partial charge in [0.25, 0.3) is 5.91 Å². The van der Waals surface area contributed by atoms with Gasteiger partial charge in [0, 0.05) is 17.5 Å². The van der Waals surface area contributed by atoms with Gasteiger partial charge in [-0.15, -0.1) is 0 Å². The number of oxime groups is 1. The maximum atomic E-state index is 12.6. The van der Waals surface area contributed by atoms with Crippen molar-refractivity contribution < 1.29 is 9.63 Å². The van der Waals surface area contributed by atoms with Crippen LogP contribution in [0.4, 0.5) is 5.69 Å². The van der Waals surface area contributed by atoms with Crippen LogP contribution in [0.1, 0.15) is 16.7 Å². The third-order valence-corrected chi connectivity index (χ3v) is 4.94. The van der Waals surface area contributed by atoms with E-state index >= 15 is 0 Å². The van der Waals surface area contributed by atoms with E-state index in [2.05, 4.69) is 10.5 Å². The molecule has 0 saturated carbocycles. The van der Waals surface area contributed by atoms with E-state index in [1.54, 1.807) is 12.1 Å². The van der Waals surface area contributed by atoms with Crippen LogP contribution in [0.3, 0.4) is 0 Å². The molecular weight excluding hydrogens is 347 g/mol. The maximum Gasteiger partial charge on any atom is 0.256 e. The number of hydrogen-bond acceptors (Lipinski definition) is 3. The average molecular weight is 359 g/mol. The summed E-state index contributed by atoms with van der Waals surface area (Å²) in [7, 11) is 1.50. The van der Waals surface area contributed by atoms with Crippen molar-refractivity contribution in [2.45, 2.75) is 6.42 Å². The monoisotopic (exact) mass is 358 g/mol. The lowest BCUT2D eigenvalue weighted by Crippen LogP contribution is -2.10. The number of nitrogens with one attached hydrogen (secondary N) is 1. The summed E-state index contributed by atoms with van der Waals surface area (Å²) in [6, 6.07) is 11.3. The zero-order valence-electron chi connectivity index (χ0n) is 12.7. The fourth-order valence-electron chi connectivity index (χ4n) is 3.21. The van der Waals surface area contributed by atoms with Gasteiger partial charge in [0.2, 0.25) is 0 Å². The van der Waals surface area contributed by atoms with Crippen LogP contribution in [0.15, 0.2) is 47.1 Å². The van der Waals surface area contributed by atoms with Crippen molar-refractivity contribution in [2.24, 2.45) is 5.16 Å². The number of fused-ring (bicyclic) bond motifs is 2. The van der Waals surface area contributed by atoms with Gasteiger partial charge in [-0.3, -0.25) is 4.79 Å². The molecule has 0 spiro atoms. The van der Waals surface area contributed by atoms with Gasteiger partial charge in [0.15, 0.2) is 0 Å². The molecule has 0 atom stereocenters. The molecule has 0 saturated heterocycles. The number of benzene rings is 2. The standard InChI is InChI=1S/C18H12Cl2N2O2/c1-24-22-17-10-5-3-2-4-9(10)6-12(17)16-11-7-13(19)14(20)8-15(11)21-18(16)23/h2-5,7-8H,6H2,1H3,(H,21,23)/b16-12+,22-17+. The largest absolute Gasteiger partial charge is 0.399 e. The summed E-state index contributed by atoms with van der Waals surface area (Å²) in [6.45, 7) is 0. The highest BCUT2D eigenvalue weighted by atomic mass is 35.5. The normalized spacial score (nSPS) is 20.1. The van der Waals surface area contributed by atoms with Gasteiger partial charge < -0.3 is 10.2 Å². The zero-order chi connectivity index (χ0) is 16.8. The van der Waals surface area contributed by atoms with E-state index in [0.717, 1.165) is 22.3 Å². The molecule has 1 heterocycles. The highest BCUT2D eigenvalue weighted by Crippen LogP contribution is 2.42. The van der Waals surface area contributed by atoms with Crippen molar-refractivity contribution in [2.75, 3.05) is 12.4 Å². The number of halogens is 2. The minimum absolute atomic E-state index is 0.185. The Morgan fingerprint density at radius 1 is 1.12 bits per heavy atom. The van der Waals surface area contributed by atoms with Gasteiger partial charge in [-0.05, 0) is 23.3 Å². The number of nitrogens with zero attached hydrogens (tertiary/aromatic N) is 1. The number of carbonyl (C=O) groups excluding carboxylic acids is 1. The molecule has 1 N–H and O–H groups in total. The van der Waals surface area contributed by atoms with E-state index in [-0.39, 0.29) is 5.91 Å². The summed E-state index contributed by atoms with van der Waals surface area (Å²) in [5.74, 6) is -0.185. The summed E-state index contributed by atoms with van der Waals surface area (Å²) >= 11 is 12.2. The number of anilines is 1. The molecule has 120 valence electrons. The smallest absolute Gasteiger partial charge is 0.256 e. The Hall–Kier alpha value is -2.30. The Labute approximate surface area is 148 Å². The summed E-state index contributed by atoms with van der Waals surface area (Å²) < 4.78 is 0. The van der Waals surface area contributed by atoms with Crippen LogP contribution in [0.25, 0.3) is 5.57 Å². The Kier molecular flexibility index (Phi) is 3.59. The minimum atomic E-state index is -0.185. The second kappa shape index (κ2) is 5.65. The lowest BCUT2D eigenvalue weighted by atomic mass is 9.98. The maximum absolute atomic E-state index is 12.6. The Morgan fingerprint density at radius 2 is 1.88 bits per heavy atom. The van der Waals surface area contributed by atoms with Gasteiger partial charge in [-0.1, -0.05) is 52.6 Å². The molecule has 4 rings (SSSR count). The number of hydrogen-bond donors (Lipinski definition) is 1. The van der Waals surface area contributed by atoms with Gasteiger partial charge in [-0.2, -0.15) is 0 Å². The van der Waals surface area contributed by atoms with Crippen LogP contribution in [-0.4, -0.2) is 18.7 Å². The van der Waals surface area contributed by atoms with Crippen LogP contribution in [0.2, 0.25) is 10.0 Å². The highest BCUT2D eigenvalue weighted by Gasteiger charge is 2.34. The molecule has 2 aromatic rings. The first kappa shape index (κ1) is 15.2. The fourth-order valence-corrected chi connectivity index (χ4v) is 3.54. The van der Waals surface area contributed by atoms with Crippen molar-refractivity contribution in [3.8, 4) is 0 Å². The molecule has 24 heavy (non-hydrogen) atoms. The predicted molar refractivity (Wildman–Crippen MR) is 95.7 cm³/mol. The fraction of sp³-hybridized carbons (Fsp3) is 0.111. The van der Waals surface area contributed by atoms with Crippen molar-refractivity contribution >= 4 is 46.1 Å². The summed E-state index contributed by atoms with van der Waals surface area (Å²) in [6.07, 6.45) is 0.612. The quantitative estimate of drug-likeness (QED) is 0.610. The van der Waals surface area contributed by atoms with E-state index in [1.807, 2.05) is 24.3 Å². The number of carbonyl (C=O) groups is 1. The van der Waals surface area contributed by atoms with Gasteiger partial charge in [-0.25, -0.2) is 0 Å². The molecule has 0 aromatic heterocycles. The molecule has 1 aliphatic carbocycles. The summed E-state index contributed by atoms with van der Waals surface area (Å²) in [4.78, 5) is 17.6. The molecular formula is C18H12Cl2N2O2. The van der Waals surface area contributed by atoms with Crippen LogP contribution < -0.4 is 5.32 Å². The van der Waals surface area contributed by atoms with E-state index in [9.17, 15) is 4.79 Å². The number of amides is 1. The van der Waals surface area contributed by atoms with E-state index in [1.165, 1.54) is 7.11 Å². The van der Waals surface area contributed by atoms with Crippen molar-refractivity contribution in [1.82, 2.24) is 0 Å². The van der Waals surface area contributed by atoms with E-state index in [0.29, 0.717) is 33.4 Å². The minimum Gasteiger partial charge on any atom is -0.399 e. The van der Waals surface area contributed by atoms with Crippen molar-refractivity contribution in [3.63, 3.8) is 0 Å². The van der Waals surface area contributed by atoms with Gasteiger partial charge >= 0.3 is 0 Å². The Morgan fingerprint density at radius 3 is 2.67 bits per heavy atom. The average Bonchev–Trinajstić information content (AvgIpc) is 3.06. The Balaban J connectivity index is 1.97. The van der Waals surface area contributed by atoms with Gasteiger partial charge in [0.05, 0.1) is 21.3 Å². The second-order valence-corrected chi connectivity index (χ2v) is 6.39. The van der Waals surface area contributed by atoms with Crippen LogP contribution in [-0.2, 0) is 16.1 Å². The van der Waals surface area contributed by atoms with Crippen LogP contribution in [0.5, 0.6) is 0 Å². The molecule has 6 heteroatoms. The molecule has 2 aromatic carbocycles. The van der Waals surface area contributed by atoms with E-state index < -0.39 is 0 Å². The highest BCUT2D eigenvalue weighted by molar-refractivity contribution is 6.44. The summed E-state index contributed by atoms with van der Waals surface area (Å²) in [5.41, 5.74) is 5.55. The van der Waals surface area contributed by atoms with Gasteiger partial charge in [0.1, 0.15) is 12.8 Å². The van der Waals surface area contributed by atoms with Crippen molar-refractivity contribution in [3.05, 3.63) is 68.7 Å². The first-order valence-electron chi connectivity index (χ1n) is 7.34. The second-order valence-electron chi connectivity index (χ2n) is 5.58. The third kappa shape index (κ3) is 2.22. The first-order valence-corrected chi connectivity index (χ1v) is 8.09. The zero-order valence-corrected chi connectivity index (χ0v) is 14.2. The topological polar surface area (TPSA) is 50.7 Å². The number of rotatable bonds is 1. The first-order chi connectivity index (χ1) is 11.6. The molecule has 1 aliphatic heterocycles. The molecule has 0 unspecified atom stereocenters. The predicted octanol–water partition coefficient (Wildman–Crippen LogP) is 4.31. The van der Waals surface area contributed by atoms with Crippen molar-refractivity contribution in [1.29, 1.82) is 0 Å². The molecule has 0 bridgehead atoms. The third-order valence-electron chi connectivity index (χ3n) is 4.21. The molecule has 4 nitrogen and oxygen atoms in total. The van der Waals surface area contributed by atoms with Crippen LogP contribution in [0, 0.1) is 0 Å². The van der Waals surface area contributed by atoms with Crippen LogP contribution >= 0.6 is 23.2 Å². The lowest BCUT2D eigenvalue weighted by molar-refractivity contribution is -0.110. The summed E-state index contributed by atoms with van der Waals surface area (Å²) in [5, 5.41) is 7.82. The molecule has 1 amide bonds. The lowest BCUT2D eigenvalue weighted by Gasteiger charge is -2.06. The SMILES string of the molecule is CO/N=C1/C(=C2/C(=O)Nc3cc(Cl)c(Cl)cc32)Cc2ccccc21. The molecule has 2 aliphatic rings. The molecule has 0 radical (unpaired) electrons. The number of allylic oxidation sites excluding steroid dienone is 1.